The van der Waals surface area contributed by atoms with Gasteiger partial charge in [-0.05, 0) is 36.8 Å². The highest BCUT2D eigenvalue weighted by atomic mass is 32.2. The number of hydrogen-bond donors (Lipinski definition) is 1. The predicted molar refractivity (Wildman–Crippen MR) is 95.0 cm³/mol. The van der Waals surface area contributed by atoms with Crippen molar-refractivity contribution in [2.45, 2.75) is 11.8 Å². The first-order chi connectivity index (χ1) is 11.9. The zero-order valence-corrected chi connectivity index (χ0v) is 14.5. The molecule has 2 heterocycles. The Labute approximate surface area is 145 Å². The highest BCUT2D eigenvalue weighted by molar-refractivity contribution is 7.90. The first kappa shape index (κ1) is 17.0. The van der Waals surface area contributed by atoms with Crippen LogP contribution in [0.2, 0.25) is 0 Å². The topological polar surface area (TPSA) is 72.0 Å². The maximum absolute atomic E-state index is 14.6. The van der Waals surface area contributed by atoms with E-state index in [0.717, 1.165) is 22.9 Å². The summed E-state index contributed by atoms with van der Waals surface area (Å²) in [4.78, 5) is 8.07. The molecule has 0 saturated carbocycles. The normalized spacial score (nSPS) is 11.3. The monoisotopic (exact) mass is 357 g/mol. The van der Waals surface area contributed by atoms with Crippen LogP contribution in [-0.4, -0.2) is 24.6 Å². The lowest BCUT2D eigenvalue weighted by atomic mass is 10.1. The van der Waals surface area contributed by atoms with Crippen LogP contribution in [0, 0.1) is 12.7 Å². The number of pyridine rings is 2. The van der Waals surface area contributed by atoms with Gasteiger partial charge in [0.1, 0.15) is 10.7 Å². The number of hydrogen-bond acceptors (Lipinski definition) is 5. The lowest BCUT2D eigenvalue weighted by molar-refractivity contribution is 0.573. The molecule has 128 valence electrons. The van der Waals surface area contributed by atoms with Gasteiger partial charge in [-0.1, -0.05) is 12.1 Å². The molecule has 7 heteroatoms. The molecule has 0 aliphatic carbocycles. The highest BCUT2D eigenvalue weighted by Gasteiger charge is 2.18. The number of anilines is 2. The van der Waals surface area contributed by atoms with Crippen LogP contribution in [0.15, 0.2) is 59.9 Å². The summed E-state index contributed by atoms with van der Waals surface area (Å²) >= 11 is 0. The molecule has 0 fully saturated rings. The van der Waals surface area contributed by atoms with Crippen LogP contribution in [-0.2, 0) is 9.84 Å². The Kier molecular flexibility index (Phi) is 4.50. The maximum Gasteiger partial charge on any atom is 0.178 e. The summed E-state index contributed by atoms with van der Waals surface area (Å²) in [6, 6.07) is 9.77. The summed E-state index contributed by atoms with van der Waals surface area (Å²) in [6.07, 6.45) is 5.97. The summed E-state index contributed by atoms with van der Waals surface area (Å²) < 4.78 is 38.0. The molecule has 0 amide bonds. The summed E-state index contributed by atoms with van der Waals surface area (Å²) in [7, 11) is -3.66. The Hall–Kier alpha value is -2.80. The van der Waals surface area contributed by atoms with Crippen LogP contribution in [0.3, 0.4) is 0 Å². The first-order valence-electron chi connectivity index (χ1n) is 7.49. The zero-order chi connectivity index (χ0) is 18.0. The fraction of sp³-hybridized carbons (Fsp3) is 0.111. The van der Waals surface area contributed by atoms with E-state index in [-0.39, 0.29) is 10.6 Å². The van der Waals surface area contributed by atoms with Crippen molar-refractivity contribution >= 4 is 21.3 Å². The van der Waals surface area contributed by atoms with Gasteiger partial charge < -0.3 is 5.32 Å². The van der Waals surface area contributed by atoms with Crippen LogP contribution in [0.25, 0.3) is 11.1 Å². The van der Waals surface area contributed by atoms with Gasteiger partial charge in [-0.15, -0.1) is 0 Å². The number of benzene rings is 1. The predicted octanol–water partition coefficient (Wildman–Crippen LogP) is 3.74. The quantitative estimate of drug-likeness (QED) is 0.770. The molecule has 0 spiro atoms. The van der Waals surface area contributed by atoms with Crippen molar-refractivity contribution < 1.29 is 12.8 Å². The Morgan fingerprint density at radius 1 is 1.12 bits per heavy atom. The van der Waals surface area contributed by atoms with Gasteiger partial charge >= 0.3 is 0 Å². The number of halogens is 1. The molecule has 1 N–H and O–H groups in total. The smallest absolute Gasteiger partial charge is 0.178 e. The number of sulfone groups is 1. The molecule has 25 heavy (non-hydrogen) atoms. The van der Waals surface area contributed by atoms with Gasteiger partial charge in [0.15, 0.2) is 15.7 Å². The molecule has 2 aromatic heterocycles. The SMILES string of the molecule is Cc1cnc(Nc2cccc(S(C)(=O)=O)c2F)c(-c2cccnc2)c1. The second-order valence-electron chi connectivity index (χ2n) is 5.67. The molecule has 0 saturated heterocycles. The van der Waals surface area contributed by atoms with E-state index < -0.39 is 15.7 Å². The second-order valence-corrected chi connectivity index (χ2v) is 7.65. The molecule has 0 aliphatic heterocycles. The van der Waals surface area contributed by atoms with Crippen molar-refractivity contribution in [2.75, 3.05) is 11.6 Å². The van der Waals surface area contributed by atoms with Gasteiger partial charge in [0.25, 0.3) is 0 Å². The Morgan fingerprint density at radius 2 is 1.92 bits per heavy atom. The van der Waals surface area contributed by atoms with Crippen LogP contribution in [0.5, 0.6) is 0 Å². The lowest BCUT2D eigenvalue weighted by Gasteiger charge is -2.13. The van der Waals surface area contributed by atoms with E-state index >= 15 is 0 Å². The molecule has 0 aliphatic rings. The fourth-order valence-corrected chi connectivity index (χ4v) is 3.19. The summed E-state index contributed by atoms with van der Waals surface area (Å²) in [5.41, 5.74) is 2.55. The van der Waals surface area contributed by atoms with E-state index in [9.17, 15) is 12.8 Å². The Morgan fingerprint density at radius 3 is 2.60 bits per heavy atom. The largest absolute Gasteiger partial charge is 0.337 e. The number of aromatic nitrogens is 2. The van der Waals surface area contributed by atoms with E-state index in [1.807, 2.05) is 19.1 Å². The minimum absolute atomic E-state index is 0.0458. The lowest BCUT2D eigenvalue weighted by Crippen LogP contribution is -2.05. The van der Waals surface area contributed by atoms with Crippen molar-refractivity contribution in [1.29, 1.82) is 0 Å². The van der Waals surface area contributed by atoms with Crippen LogP contribution < -0.4 is 5.32 Å². The van der Waals surface area contributed by atoms with Gasteiger partial charge in [0.2, 0.25) is 0 Å². The third-order valence-corrected chi connectivity index (χ3v) is 4.73. The summed E-state index contributed by atoms with van der Waals surface area (Å²) in [6.45, 7) is 1.90. The number of nitrogens with one attached hydrogen (secondary N) is 1. The Balaban J connectivity index is 2.09. The minimum atomic E-state index is -3.66. The number of nitrogens with zero attached hydrogens (tertiary/aromatic N) is 2. The van der Waals surface area contributed by atoms with Gasteiger partial charge in [-0.3, -0.25) is 4.98 Å². The maximum atomic E-state index is 14.6. The van der Waals surface area contributed by atoms with Crippen molar-refractivity contribution in [3.63, 3.8) is 0 Å². The molecule has 0 radical (unpaired) electrons. The number of rotatable bonds is 4. The van der Waals surface area contributed by atoms with E-state index in [4.69, 9.17) is 0 Å². The average molecular weight is 357 g/mol. The standard InChI is InChI=1S/C18H16FN3O2S/c1-12-9-14(13-5-4-8-20-11-13)18(21-10-12)22-15-6-3-7-16(17(15)19)25(2,23)24/h3-11H,1-2H3,(H,21,22). The van der Waals surface area contributed by atoms with Crippen LogP contribution >= 0.6 is 0 Å². The molecule has 3 rings (SSSR count). The van der Waals surface area contributed by atoms with Gasteiger partial charge in [0, 0.05) is 36.0 Å². The van der Waals surface area contributed by atoms with Crippen molar-refractivity contribution in [3.05, 3.63) is 66.4 Å². The summed E-state index contributed by atoms with van der Waals surface area (Å²) in [5.74, 6) is -0.410. The van der Waals surface area contributed by atoms with Gasteiger partial charge in [0.05, 0.1) is 5.69 Å². The van der Waals surface area contributed by atoms with Gasteiger partial charge in [-0.2, -0.15) is 0 Å². The van der Waals surface area contributed by atoms with Crippen LogP contribution in [0.1, 0.15) is 5.56 Å². The van der Waals surface area contributed by atoms with Crippen molar-refractivity contribution in [3.8, 4) is 11.1 Å². The Bertz CT molecular complexity index is 1020. The van der Waals surface area contributed by atoms with E-state index in [0.29, 0.717) is 5.82 Å². The van der Waals surface area contributed by atoms with E-state index in [2.05, 4.69) is 15.3 Å². The zero-order valence-electron chi connectivity index (χ0n) is 13.7. The summed E-state index contributed by atoms with van der Waals surface area (Å²) in [5, 5.41) is 2.90. The first-order valence-corrected chi connectivity index (χ1v) is 9.38. The highest BCUT2D eigenvalue weighted by Crippen LogP contribution is 2.31. The molecular weight excluding hydrogens is 341 g/mol. The molecule has 0 bridgehead atoms. The molecular formula is C18H16FN3O2S. The molecule has 0 atom stereocenters. The van der Waals surface area contributed by atoms with Crippen molar-refractivity contribution in [1.82, 2.24) is 9.97 Å². The fourth-order valence-electron chi connectivity index (χ4n) is 2.43. The average Bonchev–Trinajstić information content (AvgIpc) is 2.58. The van der Waals surface area contributed by atoms with Gasteiger partial charge in [-0.25, -0.2) is 17.8 Å². The molecule has 0 unspecified atom stereocenters. The van der Waals surface area contributed by atoms with E-state index in [1.165, 1.54) is 18.2 Å². The second kappa shape index (κ2) is 6.60. The number of aryl methyl sites for hydroxylation is 1. The van der Waals surface area contributed by atoms with Crippen LogP contribution in [0.4, 0.5) is 15.9 Å². The van der Waals surface area contributed by atoms with E-state index in [1.54, 1.807) is 24.7 Å². The third kappa shape index (κ3) is 3.66. The molecule has 5 nitrogen and oxygen atoms in total. The molecule has 1 aromatic carbocycles. The third-order valence-electron chi connectivity index (χ3n) is 3.61. The minimum Gasteiger partial charge on any atom is -0.337 e. The van der Waals surface area contributed by atoms with Crippen molar-refractivity contribution in [2.24, 2.45) is 0 Å². The molecule has 3 aromatic rings.